The zero-order valence-electron chi connectivity index (χ0n) is 4.85. The maximum atomic E-state index is 10.5. The van der Waals surface area contributed by atoms with E-state index in [-0.39, 0.29) is 5.81 Å². The Labute approximate surface area is 62.4 Å². The van der Waals surface area contributed by atoms with Gasteiger partial charge in [0.05, 0.1) is 7.11 Å². The smallest absolute Gasteiger partial charge is 0.284 e. The van der Waals surface area contributed by atoms with Gasteiger partial charge < -0.3 is 0 Å². The normalized spacial score (nSPS) is 8.38. The first kappa shape index (κ1) is 8.22. The van der Waals surface area contributed by atoms with E-state index in [0.29, 0.717) is 5.14 Å². The van der Waals surface area contributed by atoms with Crippen LogP contribution in [0.5, 0.6) is 0 Å². The van der Waals surface area contributed by atoms with E-state index >= 15 is 0 Å². The van der Waals surface area contributed by atoms with E-state index in [1.54, 1.807) is 7.05 Å². The van der Waals surface area contributed by atoms with Crippen LogP contribution >= 0.6 is 22.4 Å². The van der Waals surface area contributed by atoms with Gasteiger partial charge >= 0.3 is 5.14 Å². The molecule has 0 rings (SSSR count). The Morgan fingerprint density at radius 2 is 2.38 bits per heavy atom. The van der Waals surface area contributed by atoms with E-state index in [1.165, 1.54) is 12.2 Å². The molecule has 0 fully saturated rings. The molecule has 0 saturated heterocycles. The third kappa shape index (κ3) is 2.51. The molecular weight excluding hydrogens is 220 g/mol. The average molecular weight is 227 g/mol. The summed E-state index contributed by atoms with van der Waals surface area (Å²) in [6.45, 7) is 0. The van der Waals surface area contributed by atoms with Crippen LogP contribution in [0.2, 0.25) is 0 Å². The lowest BCUT2D eigenvalue weighted by Gasteiger charge is -2.10. The number of carbonyl (C=O) groups excluding carboxylic acids is 1. The van der Waals surface area contributed by atoms with Crippen LogP contribution in [0.1, 0.15) is 0 Å². The summed E-state index contributed by atoms with van der Waals surface area (Å²) in [6.07, 6.45) is 0. The van der Waals surface area contributed by atoms with Crippen molar-refractivity contribution in [1.29, 1.82) is 0 Å². The summed E-state index contributed by atoms with van der Waals surface area (Å²) >= 11 is 1.98. The van der Waals surface area contributed by atoms with Crippen molar-refractivity contribution in [2.45, 2.75) is 0 Å². The van der Waals surface area contributed by atoms with E-state index in [1.807, 2.05) is 22.4 Å². The molecule has 0 bridgehead atoms. The summed E-state index contributed by atoms with van der Waals surface area (Å²) in [7, 11) is 3.05. The highest BCUT2D eigenvalue weighted by Gasteiger charge is 2.04. The van der Waals surface area contributed by atoms with Gasteiger partial charge in [0, 0.05) is 7.05 Å². The molecule has 46 valence electrons. The second kappa shape index (κ2) is 4.14. The molecule has 0 aromatic heterocycles. The molecule has 0 radical (unpaired) electrons. The maximum absolute atomic E-state index is 10.5. The lowest BCUT2D eigenvalue weighted by molar-refractivity contribution is -0.0555. The molecule has 8 heavy (non-hydrogen) atoms. The highest BCUT2D eigenvalue weighted by Crippen LogP contribution is 1.87. The molecule has 0 heterocycles. The lowest BCUT2D eigenvalue weighted by Crippen LogP contribution is -2.26. The van der Waals surface area contributed by atoms with E-state index in [0.717, 1.165) is 0 Å². The number of hydrogen-bond acceptors (Lipinski definition) is 2. The van der Waals surface area contributed by atoms with E-state index in [4.69, 9.17) is 0 Å². The van der Waals surface area contributed by atoms with Crippen molar-refractivity contribution in [3.05, 3.63) is 0 Å². The number of hydrogen-bond donors (Lipinski definition) is 0. The second-order valence-electron chi connectivity index (χ2n) is 1.21. The third-order valence-corrected chi connectivity index (χ3v) is 1.39. The quantitative estimate of drug-likeness (QED) is 0.387. The minimum atomic E-state index is -0.0203. The monoisotopic (exact) mass is 227 g/mol. The van der Waals surface area contributed by atoms with Gasteiger partial charge in [0.25, 0.3) is 0 Å². The van der Waals surface area contributed by atoms with E-state index in [9.17, 15) is 4.79 Å². The van der Waals surface area contributed by atoms with Crippen LogP contribution in [0.3, 0.4) is 0 Å². The van der Waals surface area contributed by atoms with Crippen LogP contribution in [-0.2, 0) is 4.84 Å². The predicted molar refractivity (Wildman–Crippen MR) is 41.3 cm³/mol. The number of carbonyl (C=O) groups is 1. The molecule has 0 N–H and O–H groups in total. The topological polar surface area (TPSA) is 29.5 Å². The molecule has 0 aliphatic heterocycles. The van der Waals surface area contributed by atoms with Gasteiger partial charge in [-0.1, -0.05) is 0 Å². The van der Waals surface area contributed by atoms with Crippen molar-refractivity contribution in [2.75, 3.05) is 14.2 Å². The van der Waals surface area contributed by atoms with Crippen LogP contribution in [-0.4, -0.2) is 30.2 Å². The first-order chi connectivity index (χ1) is 3.72. The molecule has 0 unspecified atom stereocenters. The van der Waals surface area contributed by atoms with Gasteiger partial charge in [-0.2, -0.15) is 0 Å². The molecule has 0 saturated carbocycles. The minimum absolute atomic E-state index is 0.0203. The fourth-order valence-corrected chi connectivity index (χ4v) is 0.666. The summed E-state index contributed by atoms with van der Waals surface area (Å²) in [5, 5.41) is 1.66. The molecule has 0 spiro atoms. The van der Waals surface area contributed by atoms with Gasteiger partial charge in [-0.15, -0.1) is 22.4 Å². The lowest BCUT2D eigenvalue weighted by atomic mass is 10.1. The number of halogens is 1. The highest BCUT2D eigenvalue weighted by atomic mass is 127. The molecular formula is C3H7BINO2. The van der Waals surface area contributed by atoms with Gasteiger partial charge in [0.1, 0.15) is 0 Å². The zero-order valence-corrected chi connectivity index (χ0v) is 7.01. The Bertz CT molecular complexity index is 89.4. The molecule has 5 heteroatoms. The Hall–Kier alpha value is 0.225. The number of rotatable bonds is 2. The van der Waals surface area contributed by atoms with Crippen molar-refractivity contribution in [3.8, 4) is 0 Å². The van der Waals surface area contributed by atoms with E-state index < -0.39 is 0 Å². The zero-order chi connectivity index (χ0) is 6.57. The summed E-state index contributed by atoms with van der Waals surface area (Å²) in [4.78, 5) is 15.1. The van der Waals surface area contributed by atoms with Crippen molar-refractivity contribution in [3.63, 3.8) is 0 Å². The fourth-order valence-electron chi connectivity index (χ4n) is 0.186. The van der Waals surface area contributed by atoms with Crippen molar-refractivity contribution in [1.82, 2.24) is 5.06 Å². The van der Waals surface area contributed by atoms with Gasteiger partial charge in [-0.3, -0.25) is 9.63 Å². The maximum Gasteiger partial charge on any atom is 0.310 e. The van der Waals surface area contributed by atoms with Crippen LogP contribution in [0.25, 0.3) is 0 Å². The number of amides is 1. The van der Waals surface area contributed by atoms with Crippen molar-refractivity contribution in [2.24, 2.45) is 0 Å². The second-order valence-corrected chi connectivity index (χ2v) is 1.97. The summed E-state index contributed by atoms with van der Waals surface area (Å²) in [5.74, 6) is -0.0203. The minimum Gasteiger partial charge on any atom is -0.284 e. The van der Waals surface area contributed by atoms with Crippen LogP contribution < -0.4 is 0 Å². The largest absolute Gasteiger partial charge is 0.310 e. The molecule has 0 aliphatic rings. The Balaban J connectivity index is 3.46. The first-order valence-electron chi connectivity index (χ1n) is 2.09. The third-order valence-electron chi connectivity index (χ3n) is 0.739. The number of hydroxylamine groups is 2. The van der Waals surface area contributed by atoms with Gasteiger partial charge in [0.2, 0.25) is 5.81 Å². The number of nitrogens with zero attached hydrogens (tertiary/aromatic N) is 1. The Kier molecular flexibility index (Phi) is 4.25. The van der Waals surface area contributed by atoms with Crippen molar-refractivity contribution < 1.29 is 9.63 Å². The molecule has 0 aromatic rings. The summed E-state index contributed by atoms with van der Waals surface area (Å²) < 4.78 is 0. The van der Waals surface area contributed by atoms with Crippen molar-refractivity contribution >= 4 is 33.3 Å². The summed E-state index contributed by atoms with van der Waals surface area (Å²) in [6, 6.07) is 0. The first-order valence-corrected chi connectivity index (χ1v) is 3.61. The Morgan fingerprint density at radius 3 is 2.50 bits per heavy atom. The van der Waals surface area contributed by atoms with Crippen LogP contribution in [0.15, 0.2) is 0 Å². The van der Waals surface area contributed by atoms with E-state index in [2.05, 4.69) is 4.84 Å². The molecule has 0 aliphatic carbocycles. The van der Waals surface area contributed by atoms with Gasteiger partial charge in [-0.05, 0) is 0 Å². The fraction of sp³-hybridized carbons (Fsp3) is 0.667. The highest BCUT2D eigenvalue weighted by molar-refractivity contribution is 14.1. The summed E-state index contributed by atoms with van der Waals surface area (Å²) in [5.41, 5.74) is 0. The van der Waals surface area contributed by atoms with Gasteiger partial charge in [-0.25, -0.2) is 5.06 Å². The standard InChI is InChI=1S/C3H7BINO2/c1-6(8-2)3(7)4-5/h4H,1-2H3. The van der Waals surface area contributed by atoms with Gasteiger partial charge in [0.15, 0.2) is 0 Å². The molecule has 3 nitrogen and oxygen atoms in total. The van der Waals surface area contributed by atoms with Crippen LogP contribution in [0.4, 0.5) is 4.79 Å². The van der Waals surface area contributed by atoms with Crippen LogP contribution in [0, 0.1) is 0 Å². The molecule has 0 atom stereocenters. The SMILES string of the molecule is CON(C)C(=O)BI. The molecule has 0 aromatic carbocycles. The predicted octanol–water partition coefficient (Wildman–Crippen LogP) is 0.386. The average Bonchev–Trinajstić information content (AvgIpc) is 1.84. The Morgan fingerprint density at radius 1 is 1.88 bits per heavy atom. The molecule has 1 amide bonds.